The van der Waals surface area contributed by atoms with E-state index < -0.39 is 11.6 Å². The van der Waals surface area contributed by atoms with Crippen LogP contribution >= 0.6 is 0 Å². The molecule has 3 fully saturated rings. The normalized spacial score (nSPS) is 19.8. The summed E-state index contributed by atoms with van der Waals surface area (Å²) >= 11 is 0. The number of imide groups is 1. The lowest BCUT2D eigenvalue weighted by molar-refractivity contribution is -0.120. The molecule has 332 valence electrons. The number of anilines is 5. The number of urea groups is 1. The molecule has 10 rings (SSSR count). The molecule has 7 heterocycles. The molecule has 6 aromatic rings. The Balaban J connectivity index is 0.750. The van der Waals surface area contributed by atoms with E-state index in [4.69, 9.17) is 9.97 Å². The van der Waals surface area contributed by atoms with Crippen molar-refractivity contribution in [2.45, 2.75) is 57.6 Å². The highest BCUT2D eigenvalue weighted by molar-refractivity contribution is 6.09. The van der Waals surface area contributed by atoms with E-state index in [1.165, 1.54) is 11.0 Å². The molecule has 3 N–H and O–H groups in total. The van der Waals surface area contributed by atoms with Crippen LogP contribution in [0.25, 0.3) is 27.8 Å². The van der Waals surface area contributed by atoms with Gasteiger partial charge in [0.25, 0.3) is 5.56 Å². The number of benzene rings is 2. The van der Waals surface area contributed by atoms with E-state index in [9.17, 15) is 19.5 Å². The largest absolute Gasteiger partial charge is 0.384 e. The fraction of sp³-hybridized carbons (Fsp3) is 0.413. The van der Waals surface area contributed by atoms with Crippen LogP contribution in [0.5, 0.6) is 0 Å². The van der Waals surface area contributed by atoms with Gasteiger partial charge in [-0.3, -0.25) is 29.4 Å². The third kappa shape index (κ3) is 7.43. The van der Waals surface area contributed by atoms with E-state index in [-0.39, 0.29) is 36.8 Å². The first-order valence-electron chi connectivity index (χ1n) is 22.2. The van der Waals surface area contributed by atoms with Gasteiger partial charge in [0.15, 0.2) is 17.3 Å². The van der Waals surface area contributed by atoms with Crippen molar-refractivity contribution in [1.29, 1.82) is 0 Å². The van der Waals surface area contributed by atoms with Crippen molar-refractivity contribution in [3.05, 3.63) is 94.8 Å². The second kappa shape index (κ2) is 16.5. The van der Waals surface area contributed by atoms with Gasteiger partial charge < -0.3 is 20.2 Å². The van der Waals surface area contributed by atoms with Gasteiger partial charge in [-0.05, 0) is 86.1 Å². The summed E-state index contributed by atoms with van der Waals surface area (Å²) in [6, 6.07) is 14.8. The molecule has 0 spiro atoms. The first kappa shape index (κ1) is 41.4. The summed E-state index contributed by atoms with van der Waals surface area (Å²) in [5.74, 6) is 1.04. The number of carbonyl (C=O) groups excluding carboxylic acids is 2. The number of nitrogens with one attached hydrogen (secondary N) is 2. The van der Waals surface area contributed by atoms with Gasteiger partial charge in [0.05, 0.1) is 23.4 Å². The average Bonchev–Trinajstić information content (AvgIpc) is 3.91. The standard InChI is InChI=1S/C46H52FN13O4/c1-4-17-59-43(62)34-27-48-44(52-41(34)60(59)38-11-6-30-12-16-46(64,5-2)40(30)50-38)49-31-7-9-32(10-8-31)56-23-21-55(22-24-56)28-29-13-18-57(19-14-29)37-26-36-33(25-35(37)47)42(53-54(36)3)58-20-15-39(61)51-45(58)63/h4,6-11,25-27,29,64H,1,5,12-24,28H2,2-3H3,(H,48,49,52)(H,51,61,63)/t46-/m1/s1. The summed E-state index contributed by atoms with van der Waals surface area (Å²) in [4.78, 5) is 60.4. The number of rotatable bonds is 11. The molecule has 0 bridgehead atoms. The van der Waals surface area contributed by atoms with E-state index in [0.717, 1.165) is 87.5 Å². The maximum absolute atomic E-state index is 15.7. The SMILES string of the molecule is C=CCn1c(=O)c2cnc(Nc3ccc(N4CCN(CC5CCN(c6cc7c(cc6F)c(N6CCC(=O)NC6=O)nn7C)CC5)CC4)cc3)nc2n1-c1ccc2c(n1)[C@@](O)(CC)CC2. The van der Waals surface area contributed by atoms with Gasteiger partial charge in [-0.25, -0.2) is 28.5 Å². The Morgan fingerprint density at radius 1 is 0.953 bits per heavy atom. The van der Waals surface area contributed by atoms with Crippen molar-refractivity contribution >= 4 is 62.7 Å². The lowest BCUT2D eigenvalue weighted by Gasteiger charge is -2.40. The van der Waals surface area contributed by atoms with Crippen LogP contribution < -0.4 is 30.9 Å². The number of nitrogens with zero attached hydrogens (tertiary/aromatic N) is 11. The van der Waals surface area contributed by atoms with E-state index in [2.05, 4.69) is 54.1 Å². The van der Waals surface area contributed by atoms with Crippen molar-refractivity contribution in [3.63, 3.8) is 0 Å². The van der Waals surface area contributed by atoms with E-state index in [1.807, 2.05) is 37.3 Å². The molecule has 0 unspecified atom stereocenters. The van der Waals surface area contributed by atoms with Crippen LogP contribution in [-0.2, 0) is 30.4 Å². The Labute approximate surface area is 368 Å². The van der Waals surface area contributed by atoms with Crippen molar-refractivity contribution in [2.75, 3.05) is 72.4 Å². The number of piperidine rings is 1. The summed E-state index contributed by atoms with van der Waals surface area (Å²) in [6.45, 7) is 12.5. The van der Waals surface area contributed by atoms with Crippen LogP contribution in [-0.4, -0.2) is 108 Å². The number of aromatic nitrogens is 7. The molecule has 17 nitrogen and oxygen atoms in total. The molecule has 4 aromatic heterocycles. The number of carbonyl (C=O) groups is 2. The molecular weight excluding hydrogens is 818 g/mol. The molecule has 4 aliphatic rings. The summed E-state index contributed by atoms with van der Waals surface area (Å²) in [6.07, 6.45) is 7.22. The van der Waals surface area contributed by atoms with Crippen LogP contribution in [0.2, 0.25) is 0 Å². The topological polar surface area (TPSA) is 175 Å². The zero-order valence-corrected chi connectivity index (χ0v) is 36.1. The highest BCUT2D eigenvalue weighted by Crippen LogP contribution is 2.39. The highest BCUT2D eigenvalue weighted by Gasteiger charge is 2.37. The third-order valence-corrected chi connectivity index (χ3v) is 13.5. The zero-order chi connectivity index (χ0) is 44.3. The van der Waals surface area contributed by atoms with E-state index in [1.54, 1.807) is 33.4 Å². The molecule has 18 heteroatoms. The van der Waals surface area contributed by atoms with Crippen molar-refractivity contribution in [2.24, 2.45) is 13.0 Å². The summed E-state index contributed by atoms with van der Waals surface area (Å²) < 4.78 is 20.6. The lowest BCUT2D eigenvalue weighted by atomic mass is 9.95. The number of halogens is 1. The van der Waals surface area contributed by atoms with Crippen LogP contribution in [0.3, 0.4) is 0 Å². The molecule has 1 atom stereocenters. The molecule has 64 heavy (non-hydrogen) atoms. The molecule has 3 aliphatic heterocycles. The Morgan fingerprint density at radius 2 is 1.73 bits per heavy atom. The van der Waals surface area contributed by atoms with Gasteiger partial charge in [0.2, 0.25) is 11.9 Å². The second-order valence-corrected chi connectivity index (χ2v) is 17.4. The Hall–Kier alpha value is -6.66. The average molecular weight is 870 g/mol. The number of hydrogen-bond acceptors (Lipinski definition) is 12. The molecule has 1 aliphatic carbocycles. The number of pyridine rings is 1. The zero-order valence-electron chi connectivity index (χ0n) is 36.1. The smallest absolute Gasteiger partial charge is 0.329 e. The third-order valence-electron chi connectivity index (χ3n) is 13.5. The van der Waals surface area contributed by atoms with Crippen LogP contribution in [0.15, 0.2) is 72.2 Å². The highest BCUT2D eigenvalue weighted by atomic mass is 19.1. The van der Waals surface area contributed by atoms with Crippen LogP contribution in [0, 0.1) is 11.7 Å². The van der Waals surface area contributed by atoms with Crippen LogP contribution in [0.4, 0.5) is 38.0 Å². The van der Waals surface area contributed by atoms with Crippen molar-refractivity contribution < 1.29 is 19.1 Å². The minimum atomic E-state index is -1.00. The van der Waals surface area contributed by atoms with Gasteiger partial charge in [-0.1, -0.05) is 19.1 Å². The summed E-state index contributed by atoms with van der Waals surface area (Å²) in [5.41, 5.74) is 4.04. The fourth-order valence-corrected chi connectivity index (χ4v) is 9.86. The van der Waals surface area contributed by atoms with E-state index >= 15 is 4.39 Å². The predicted molar refractivity (Wildman–Crippen MR) is 243 cm³/mol. The first-order chi connectivity index (χ1) is 31.0. The van der Waals surface area contributed by atoms with Crippen molar-refractivity contribution in [1.82, 2.24) is 44.3 Å². The number of fused-ring (bicyclic) bond motifs is 3. The second-order valence-electron chi connectivity index (χ2n) is 17.4. The van der Waals surface area contributed by atoms with Crippen molar-refractivity contribution in [3.8, 4) is 5.82 Å². The Morgan fingerprint density at radius 3 is 2.47 bits per heavy atom. The van der Waals surface area contributed by atoms with E-state index in [0.29, 0.717) is 64.1 Å². The summed E-state index contributed by atoms with van der Waals surface area (Å²) in [7, 11) is 1.78. The number of hydrogen-bond donors (Lipinski definition) is 3. The monoisotopic (exact) mass is 869 g/mol. The summed E-state index contributed by atoms with van der Waals surface area (Å²) in [5, 5.41) is 22.3. The number of piperazine rings is 1. The van der Waals surface area contributed by atoms with Gasteiger partial charge in [0, 0.05) is 88.8 Å². The quantitative estimate of drug-likeness (QED) is 0.150. The van der Waals surface area contributed by atoms with Gasteiger partial charge >= 0.3 is 6.03 Å². The predicted octanol–water partition coefficient (Wildman–Crippen LogP) is 4.96. The first-order valence-corrected chi connectivity index (χ1v) is 22.2. The van der Waals surface area contributed by atoms with Gasteiger partial charge in [-0.2, -0.15) is 10.1 Å². The molecule has 3 amide bonds. The maximum atomic E-state index is 15.7. The number of aliphatic hydroxyl groups is 1. The molecule has 3 saturated heterocycles. The minimum Gasteiger partial charge on any atom is -0.384 e. The Bertz CT molecular complexity index is 2860. The molecule has 0 radical (unpaired) electrons. The molecular formula is C46H52FN13O4. The number of amides is 3. The molecule has 2 aromatic carbocycles. The maximum Gasteiger partial charge on any atom is 0.329 e. The number of aryl methyl sites for hydroxylation is 2. The number of allylic oxidation sites excluding steroid dienone is 1. The van der Waals surface area contributed by atoms with Gasteiger partial charge in [-0.15, -0.1) is 6.58 Å². The molecule has 0 saturated carbocycles. The lowest BCUT2D eigenvalue weighted by Crippen LogP contribution is -2.49. The van der Waals surface area contributed by atoms with Crippen LogP contribution in [0.1, 0.15) is 50.3 Å². The Kier molecular flexibility index (Phi) is 10.6. The van der Waals surface area contributed by atoms with Gasteiger partial charge in [0.1, 0.15) is 16.8 Å². The fourth-order valence-electron chi connectivity index (χ4n) is 9.86. The minimum absolute atomic E-state index is 0.169.